The van der Waals surface area contributed by atoms with Crippen molar-refractivity contribution in [2.45, 2.75) is 12.1 Å². The number of hydrogen-bond acceptors (Lipinski definition) is 11. The molecule has 3 amide bonds. The second-order valence-corrected chi connectivity index (χ2v) is 8.19. The number of carbonyl (C=O) groups excluding carboxylic acids is 4. The Balaban J connectivity index is 2.29. The van der Waals surface area contributed by atoms with Crippen molar-refractivity contribution in [2.24, 2.45) is 5.16 Å². The average Bonchev–Trinajstić information content (AvgIpc) is 3.19. The standard InChI is InChI=1S/C15H16ClN5O9S2/c1-3-4-30-20-9(7-6-31-15(17-7)18-8(22)5-16)12(23)19-10-11(14(25)29-2)21(13(10)24)32(26,27)28/h3,6,10-11H,1,4-5H2,2H3,(H,19,23)(H,17,18,22)(H,26,27,28)/t10-,11-/m1/s1. The molecule has 0 unspecified atom stereocenters. The highest BCUT2D eigenvalue weighted by Crippen LogP contribution is 2.25. The van der Waals surface area contributed by atoms with Crippen LogP contribution < -0.4 is 10.6 Å². The van der Waals surface area contributed by atoms with Gasteiger partial charge in [-0.1, -0.05) is 17.8 Å². The summed E-state index contributed by atoms with van der Waals surface area (Å²) >= 11 is 6.34. The van der Waals surface area contributed by atoms with Crippen molar-refractivity contribution in [3.8, 4) is 0 Å². The van der Waals surface area contributed by atoms with Crippen LogP contribution in [0, 0.1) is 0 Å². The van der Waals surface area contributed by atoms with Gasteiger partial charge in [-0.2, -0.15) is 12.7 Å². The van der Waals surface area contributed by atoms with Crippen molar-refractivity contribution in [3.63, 3.8) is 0 Å². The molecule has 0 saturated carbocycles. The molecule has 14 nitrogen and oxygen atoms in total. The zero-order valence-electron chi connectivity index (χ0n) is 16.2. The average molecular weight is 510 g/mol. The van der Waals surface area contributed by atoms with Crippen LogP contribution in [0.15, 0.2) is 23.2 Å². The largest absolute Gasteiger partial charge is 0.467 e. The monoisotopic (exact) mass is 509 g/mol. The van der Waals surface area contributed by atoms with Gasteiger partial charge in [0.05, 0.1) is 7.11 Å². The maximum atomic E-state index is 12.8. The van der Waals surface area contributed by atoms with Crippen LogP contribution in [0.1, 0.15) is 5.69 Å². The van der Waals surface area contributed by atoms with E-state index in [-0.39, 0.29) is 27.6 Å². The molecule has 174 valence electrons. The predicted octanol–water partition coefficient (Wildman–Crippen LogP) is -1.10. The van der Waals surface area contributed by atoms with Crippen LogP contribution in [0.2, 0.25) is 0 Å². The lowest BCUT2D eigenvalue weighted by Crippen LogP contribution is -2.74. The van der Waals surface area contributed by atoms with Gasteiger partial charge in [0.1, 0.15) is 24.2 Å². The molecular formula is C15H16ClN5O9S2. The fraction of sp³-hybridized carbons (Fsp3) is 0.333. The van der Waals surface area contributed by atoms with Gasteiger partial charge in [0.2, 0.25) is 5.91 Å². The second-order valence-electron chi connectivity index (χ2n) is 5.78. The Bertz CT molecular complexity index is 1070. The Hall–Kier alpha value is -3.08. The van der Waals surface area contributed by atoms with E-state index in [2.05, 4.69) is 32.1 Å². The number of amides is 3. The van der Waals surface area contributed by atoms with Gasteiger partial charge in [-0.3, -0.25) is 18.9 Å². The number of halogens is 1. The van der Waals surface area contributed by atoms with Crippen molar-refractivity contribution in [1.29, 1.82) is 0 Å². The highest BCUT2D eigenvalue weighted by atomic mass is 35.5. The molecule has 0 aliphatic carbocycles. The molecule has 0 spiro atoms. The second kappa shape index (κ2) is 10.5. The van der Waals surface area contributed by atoms with Gasteiger partial charge in [-0.25, -0.2) is 9.78 Å². The van der Waals surface area contributed by atoms with E-state index in [1.165, 1.54) is 11.5 Å². The molecule has 1 fully saturated rings. The number of aromatic nitrogens is 1. The minimum atomic E-state index is -5.09. The van der Waals surface area contributed by atoms with E-state index >= 15 is 0 Å². The van der Waals surface area contributed by atoms with E-state index in [1.807, 2.05) is 0 Å². The molecule has 0 bridgehead atoms. The summed E-state index contributed by atoms with van der Waals surface area (Å²) in [4.78, 5) is 57.1. The number of ether oxygens (including phenoxy) is 1. The minimum absolute atomic E-state index is 0.0746. The number of carbonyl (C=O) groups is 4. The van der Waals surface area contributed by atoms with Crippen LogP contribution in [0.4, 0.5) is 5.13 Å². The predicted molar refractivity (Wildman–Crippen MR) is 110 cm³/mol. The summed E-state index contributed by atoms with van der Waals surface area (Å²) in [5, 5.41) is 9.55. The lowest BCUT2D eigenvalue weighted by Gasteiger charge is -2.41. The molecule has 32 heavy (non-hydrogen) atoms. The molecule has 0 radical (unpaired) electrons. The number of methoxy groups -OCH3 is 1. The Morgan fingerprint density at radius 3 is 2.72 bits per heavy atom. The molecular weight excluding hydrogens is 494 g/mol. The number of oxime groups is 1. The number of esters is 1. The first kappa shape index (κ1) is 25.2. The van der Waals surface area contributed by atoms with Gasteiger partial charge >= 0.3 is 16.3 Å². The molecule has 1 saturated heterocycles. The number of β-lactam (4-membered cyclic amide) rings is 1. The summed E-state index contributed by atoms with van der Waals surface area (Å²) in [7, 11) is -4.16. The van der Waals surface area contributed by atoms with E-state index in [0.29, 0.717) is 0 Å². The minimum Gasteiger partial charge on any atom is -0.467 e. The maximum Gasteiger partial charge on any atom is 0.363 e. The lowest BCUT2D eigenvalue weighted by molar-refractivity contribution is -0.162. The van der Waals surface area contributed by atoms with Crippen LogP contribution in [0.5, 0.6) is 0 Å². The molecule has 1 aromatic heterocycles. The number of hydrogen-bond donors (Lipinski definition) is 3. The summed E-state index contributed by atoms with van der Waals surface area (Å²) < 4.78 is 36.2. The molecule has 1 aromatic rings. The van der Waals surface area contributed by atoms with Crippen LogP contribution in [-0.2, 0) is 39.1 Å². The summed E-state index contributed by atoms with van der Waals surface area (Å²) in [5.41, 5.74) is -0.536. The Kier molecular flexibility index (Phi) is 8.25. The topological polar surface area (TPSA) is 194 Å². The quantitative estimate of drug-likeness (QED) is 0.0509. The van der Waals surface area contributed by atoms with E-state index < -0.39 is 51.8 Å². The highest BCUT2D eigenvalue weighted by molar-refractivity contribution is 7.84. The van der Waals surface area contributed by atoms with E-state index in [0.717, 1.165) is 18.4 Å². The maximum absolute atomic E-state index is 12.8. The summed E-state index contributed by atoms with van der Waals surface area (Å²) in [6, 6.07) is -3.52. The summed E-state index contributed by atoms with van der Waals surface area (Å²) in [6.07, 6.45) is 1.33. The van der Waals surface area contributed by atoms with Gasteiger partial charge in [0, 0.05) is 5.38 Å². The van der Waals surface area contributed by atoms with Gasteiger partial charge in [0.15, 0.2) is 16.9 Å². The first-order valence-corrected chi connectivity index (χ1v) is 11.2. The normalized spacial score (nSPS) is 18.4. The molecule has 0 aromatic carbocycles. The third-order valence-electron chi connectivity index (χ3n) is 3.71. The number of alkyl halides is 1. The highest BCUT2D eigenvalue weighted by Gasteiger charge is 2.58. The molecule has 17 heteroatoms. The molecule has 3 N–H and O–H groups in total. The number of nitrogens with one attached hydrogen (secondary N) is 2. The SMILES string of the molecule is C=CCON=C(C(=O)N[C@H]1C(=O)N(S(=O)(=O)O)[C@H]1C(=O)OC)c1csc(NC(=O)CCl)n1. The fourth-order valence-electron chi connectivity index (χ4n) is 2.37. The smallest absolute Gasteiger partial charge is 0.363 e. The van der Waals surface area contributed by atoms with E-state index in [4.69, 9.17) is 21.0 Å². The number of anilines is 1. The van der Waals surface area contributed by atoms with Gasteiger partial charge < -0.3 is 20.2 Å². The zero-order valence-corrected chi connectivity index (χ0v) is 18.6. The van der Waals surface area contributed by atoms with Crippen molar-refractivity contribution in [1.82, 2.24) is 14.6 Å². The van der Waals surface area contributed by atoms with Crippen LogP contribution in [0.3, 0.4) is 0 Å². The Morgan fingerprint density at radius 2 is 2.16 bits per heavy atom. The molecule has 2 heterocycles. The molecule has 2 atom stereocenters. The number of thiazole rings is 1. The van der Waals surface area contributed by atoms with Gasteiger partial charge in [0.25, 0.3) is 11.8 Å². The van der Waals surface area contributed by atoms with Crippen LogP contribution >= 0.6 is 22.9 Å². The number of nitrogens with zero attached hydrogens (tertiary/aromatic N) is 3. The van der Waals surface area contributed by atoms with Crippen molar-refractivity contribution < 1.29 is 41.7 Å². The molecule has 1 aliphatic rings. The van der Waals surface area contributed by atoms with Crippen molar-refractivity contribution >= 4 is 67.8 Å². The third kappa shape index (κ3) is 5.58. The summed E-state index contributed by atoms with van der Waals surface area (Å²) in [6.45, 7) is 3.32. The molecule has 2 rings (SSSR count). The first-order valence-electron chi connectivity index (χ1n) is 8.37. The Labute approximate surface area is 190 Å². The van der Waals surface area contributed by atoms with E-state index in [9.17, 15) is 27.6 Å². The van der Waals surface area contributed by atoms with Crippen molar-refractivity contribution in [3.05, 3.63) is 23.7 Å². The van der Waals surface area contributed by atoms with Crippen molar-refractivity contribution in [2.75, 3.05) is 24.9 Å². The van der Waals surface area contributed by atoms with E-state index in [1.54, 1.807) is 0 Å². The Morgan fingerprint density at radius 1 is 1.47 bits per heavy atom. The lowest BCUT2D eigenvalue weighted by atomic mass is 9.98. The first-order chi connectivity index (χ1) is 15.0. The molecule has 1 aliphatic heterocycles. The fourth-order valence-corrected chi connectivity index (χ4v) is 3.99. The third-order valence-corrected chi connectivity index (χ3v) is 5.61. The summed E-state index contributed by atoms with van der Waals surface area (Å²) in [5.74, 6) is -4.44. The van der Waals surface area contributed by atoms with Crippen LogP contribution in [0.25, 0.3) is 0 Å². The number of rotatable bonds is 10. The van der Waals surface area contributed by atoms with Gasteiger partial charge in [-0.15, -0.1) is 22.9 Å². The zero-order chi connectivity index (χ0) is 24.1. The van der Waals surface area contributed by atoms with Gasteiger partial charge in [-0.05, 0) is 0 Å². The van der Waals surface area contributed by atoms with Crippen LogP contribution in [-0.4, -0.2) is 83.3 Å².